The van der Waals surface area contributed by atoms with Gasteiger partial charge in [0.2, 0.25) is 0 Å². The van der Waals surface area contributed by atoms with E-state index in [0.717, 1.165) is 33.0 Å². The second-order valence-electron chi connectivity index (χ2n) is 3.85. The fourth-order valence-electron chi connectivity index (χ4n) is 1.71. The van der Waals surface area contributed by atoms with Gasteiger partial charge in [-0.25, -0.2) is 9.97 Å². The largest absolute Gasteiger partial charge is 0.496 e. The summed E-state index contributed by atoms with van der Waals surface area (Å²) in [5.74, 6) is 1.52. The van der Waals surface area contributed by atoms with E-state index in [1.807, 2.05) is 31.2 Å². The molecule has 0 unspecified atom stereocenters. The van der Waals surface area contributed by atoms with Gasteiger partial charge in [0.25, 0.3) is 0 Å². The van der Waals surface area contributed by atoms with Gasteiger partial charge >= 0.3 is 0 Å². The Kier molecular flexibility index (Phi) is 3.93. The van der Waals surface area contributed by atoms with Crippen molar-refractivity contribution in [2.45, 2.75) is 13.5 Å². The fraction of sp³-hybridized carbons (Fsp3) is 0.231. The van der Waals surface area contributed by atoms with E-state index in [1.54, 1.807) is 7.11 Å². The molecule has 1 aromatic carbocycles. The summed E-state index contributed by atoms with van der Waals surface area (Å²) in [4.78, 5) is 8.68. The molecular formula is C13H14BrN3O. The predicted octanol–water partition coefficient (Wildman–Crippen LogP) is 2.68. The lowest BCUT2D eigenvalue weighted by atomic mass is 10.1. The molecule has 2 aromatic rings. The van der Waals surface area contributed by atoms with Gasteiger partial charge in [0.1, 0.15) is 11.6 Å². The van der Waals surface area contributed by atoms with Gasteiger partial charge in [0, 0.05) is 12.1 Å². The highest BCUT2D eigenvalue weighted by atomic mass is 79.9. The summed E-state index contributed by atoms with van der Waals surface area (Å²) in [6.07, 6.45) is 0. The number of ether oxygens (including phenoxy) is 1. The topological polar surface area (TPSA) is 61.0 Å². The molecule has 0 fully saturated rings. The van der Waals surface area contributed by atoms with E-state index in [4.69, 9.17) is 10.5 Å². The zero-order valence-corrected chi connectivity index (χ0v) is 11.9. The molecule has 0 atom stereocenters. The van der Waals surface area contributed by atoms with Crippen LogP contribution >= 0.6 is 15.9 Å². The van der Waals surface area contributed by atoms with Crippen molar-refractivity contribution in [3.05, 3.63) is 40.3 Å². The second-order valence-corrected chi connectivity index (χ2v) is 4.70. The van der Waals surface area contributed by atoms with Crippen LogP contribution in [0.3, 0.4) is 0 Å². The number of aromatic nitrogens is 2. The van der Waals surface area contributed by atoms with Crippen LogP contribution in [0.15, 0.2) is 28.7 Å². The molecule has 0 aliphatic carbocycles. The highest BCUT2D eigenvalue weighted by molar-refractivity contribution is 9.10. The zero-order chi connectivity index (χ0) is 13.1. The first-order valence-corrected chi connectivity index (χ1v) is 6.32. The summed E-state index contributed by atoms with van der Waals surface area (Å²) in [5, 5.41) is 0. The normalized spacial score (nSPS) is 10.4. The molecule has 1 aromatic heterocycles. The van der Waals surface area contributed by atoms with Crippen molar-refractivity contribution in [3.8, 4) is 17.0 Å². The monoisotopic (exact) mass is 307 g/mol. The first-order chi connectivity index (χ1) is 8.63. The Bertz CT molecular complexity index is 572. The van der Waals surface area contributed by atoms with Crippen molar-refractivity contribution in [1.29, 1.82) is 0 Å². The number of benzene rings is 1. The molecule has 0 amide bonds. The van der Waals surface area contributed by atoms with E-state index in [1.165, 1.54) is 0 Å². The van der Waals surface area contributed by atoms with Crippen molar-refractivity contribution >= 4 is 15.9 Å². The average Bonchev–Trinajstić information content (AvgIpc) is 2.37. The van der Waals surface area contributed by atoms with Gasteiger partial charge in [0.05, 0.1) is 23.0 Å². The predicted molar refractivity (Wildman–Crippen MR) is 74.3 cm³/mol. The maximum absolute atomic E-state index is 5.62. The maximum atomic E-state index is 5.62. The average molecular weight is 308 g/mol. The molecular weight excluding hydrogens is 294 g/mol. The summed E-state index contributed by atoms with van der Waals surface area (Å²) < 4.78 is 6.10. The Labute approximate surface area is 114 Å². The molecule has 0 radical (unpaired) electrons. The van der Waals surface area contributed by atoms with Gasteiger partial charge in [-0.3, -0.25) is 0 Å². The lowest BCUT2D eigenvalue weighted by Crippen LogP contribution is -2.03. The SMILES string of the molecule is COc1ccc(-c2cc(CN)nc(C)n2)cc1Br. The van der Waals surface area contributed by atoms with Crippen molar-refractivity contribution in [3.63, 3.8) is 0 Å². The molecule has 0 bridgehead atoms. The third-order valence-corrected chi connectivity index (χ3v) is 3.17. The number of hydrogen-bond acceptors (Lipinski definition) is 4. The molecule has 5 heteroatoms. The van der Waals surface area contributed by atoms with E-state index in [9.17, 15) is 0 Å². The number of rotatable bonds is 3. The number of nitrogens with zero attached hydrogens (tertiary/aromatic N) is 2. The van der Waals surface area contributed by atoms with Crippen LogP contribution < -0.4 is 10.5 Å². The molecule has 0 aliphatic rings. The lowest BCUT2D eigenvalue weighted by Gasteiger charge is -2.07. The van der Waals surface area contributed by atoms with Crippen molar-refractivity contribution < 1.29 is 4.74 Å². The molecule has 2 N–H and O–H groups in total. The van der Waals surface area contributed by atoms with Crippen LogP contribution in [0.4, 0.5) is 0 Å². The van der Waals surface area contributed by atoms with Gasteiger partial charge in [-0.05, 0) is 47.1 Å². The van der Waals surface area contributed by atoms with Crippen LogP contribution in [0.25, 0.3) is 11.3 Å². The molecule has 2 rings (SSSR count). The Hall–Kier alpha value is -1.46. The first-order valence-electron chi connectivity index (χ1n) is 5.52. The minimum Gasteiger partial charge on any atom is -0.496 e. The molecule has 0 saturated heterocycles. The van der Waals surface area contributed by atoms with E-state index < -0.39 is 0 Å². The minimum atomic E-state index is 0.410. The molecule has 0 aliphatic heterocycles. The third-order valence-electron chi connectivity index (χ3n) is 2.55. The van der Waals surface area contributed by atoms with Gasteiger partial charge < -0.3 is 10.5 Å². The summed E-state index contributed by atoms with van der Waals surface area (Å²) in [6, 6.07) is 7.74. The fourth-order valence-corrected chi connectivity index (χ4v) is 2.25. The summed E-state index contributed by atoms with van der Waals surface area (Å²) in [5.41, 5.74) is 8.33. The second kappa shape index (κ2) is 5.46. The van der Waals surface area contributed by atoms with Gasteiger partial charge in [-0.15, -0.1) is 0 Å². The van der Waals surface area contributed by atoms with Gasteiger partial charge in [0.15, 0.2) is 0 Å². The van der Waals surface area contributed by atoms with E-state index in [-0.39, 0.29) is 0 Å². The van der Waals surface area contributed by atoms with Crippen LogP contribution in [0.1, 0.15) is 11.5 Å². The Morgan fingerprint density at radius 2 is 2.06 bits per heavy atom. The number of nitrogens with two attached hydrogens (primary N) is 1. The van der Waals surface area contributed by atoms with Crippen molar-refractivity contribution in [1.82, 2.24) is 9.97 Å². The van der Waals surface area contributed by atoms with Crippen LogP contribution in [0.5, 0.6) is 5.75 Å². The lowest BCUT2D eigenvalue weighted by molar-refractivity contribution is 0.412. The standard InChI is InChI=1S/C13H14BrN3O/c1-8-16-10(7-15)6-12(17-8)9-3-4-13(18-2)11(14)5-9/h3-6H,7,15H2,1-2H3. The minimum absolute atomic E-state index is 0.410. The quantitative estimate of drug-likeness (QED) is 0.947. The molecule has 4 nitrogen and oxygen atoms in total. The molecule has 18 heavy (non-hydrogen) atoms. The van der Waals surface area contributed by atoms with Crippen molar-refractivity contribution in [2.24, 2.45) is 5.73 Å². The van der Waals surface area contributed by atoms with Crippen LogP contribution in [-0.2, 0) is 6.54 Å². The maximum Gasteiger partial charge on any atom is 0.133 e. The van der Waals surface area contributed by atoms with Crippen LogP contribution in [-0.4, -0.2) is 17.1 Å². The molecule has 94 valence electrons. The van der Waals surface area contributed by atoms with Crippen molar-refractivity contribution in [2.75, 3.05) is 7.11 Å². The number of aryl methyl sites for hydroxylation is 1. The van der Waals surface area contributed by atoms with E-state index in [2.05, 4.69) is 25.9 Å². The van der Waals surface area contributed by atoms with Gasteiger partial charge in [-0.2, -0.15) is 0 Å². The van der Waals surface area contributed by atoms with E-state index in [0.29, 0.717) is 6.54 Å². The third kappa shape index (κ3) is 2.68. The highest BCUT2D eigenvalue weighted by Gasteiger charge is 2.07. The molecule has 0 saturated carbocycles. The summed E-state index contributed by atoms with van der Waals surface area (Å²) in [6.45, 7) is 2.27. The summed E-state index contributed by atoms with van der Waals surface area (Å²) >= 11 is 3.47. The Balaban J connectivity index is 2.48. The number of hydrogen-bond donors (Lipinski definition) is 1. The molecule has 0 spiro atoms. The highest BCUT2D eigenvalue weighted by Crippen LogP contribution is 2.29. The smallest absolute Gasteiger partial charge is 0.133 e. The Morgan fingerprint density at radius 1 is 1.28 bits per heavy atom. The first kappa shape index (κ1) is 13.0. The Morgan fingerprint density at radius 3 is 2.67 bits per heavy atom. The number of methoxy groups -OCH3 is 1. The van der Waals surface area contributed by atoms with Crippen LogP contribution in [0, 0.1) is 6.92 Å². The van der Waals surface area contributed by atoms with Crippen LogP contribution in [0.2, 0.25) is 0 Å². The number of halogens is 1. The zero-order valence-electron chi connectivity index (χ0n) is 10.3. The van der Waals surface area contributed by atoms with Gasteiger partial charge in [-0.1, -0.05) is 0 Å². The molecule has 1 heterocycles. The summed E-state index contributed by atoms with van der Waals surface area (Å²) in [7, 11) is 1.64. The van der Waals surface area contributed by atoms with E-state index >= 15 is 0 Å².